The van der Waals surface area contributed by atoms with Crippen LogP contribution in [-0.4, -0.2) is 39.0 Å². The van der Waals surface area contributed by atoms with Crippen LogP contribution in [0.1, 0.15) is 12.6 Å². The predicted molar refractivity (Wildman–Crippen MR) is 119 cm³/mol. The average Bonchev–Trinajstić information content (AvgIpc) is 3.41. The average molecular weight is 494 g/mol. The lowest BCUT2D eigenvalue weighted by atomic mass is 10.0. The van der Waals surface area contributed by atoms with E-state index in [2.05, 4.69) is 9.82 Å². The van der Waals surface area contributed by atoms with Crippen molar-refractivity contribution in [3.63, 3.8) is 0 Å². The fraction of sp³-hybridized carbons (Fsp3) is 0.238. The monoisotopic (exact) mass is 493 g/mol. The van der Waals surface area contributed by atoms with Crippen LogP contribution in [0, 0.1) is 11.6 Å². The Morgan fingerprint density at radius 1 is 1.24 bits per heavy atom. The molecular weight excluding hydrogens is 476 g/mol. The second-order valence-corrected chi connectivity index (χ2v) is 10.3. The van der Waals surface area contributed by atoms with Crippen LogP contribution in [-0.2, 0) is 23.0 Å². The number of nitrogens with one attached hydrogen (secondary N) is 1. The molecule has 8 nitrogen and oxygen atoms in total. The summed E-state index contributed by atoms with van der Waals surface area (Å²) in [5.74, 6) is -1.60. The second kappa shape index (κ2) is 7.79. The number of sulfonamides is 1. The Balaban J connectivity index is 1.64. The van der Waals surface area contributed by atoms with Gasteiger partial charge >= 0.3 is 5.69 Å². The summed E-state index contributed by atoms with van der Waals surface area (Å²) in [5.41, 5.74) is 0.724. The van der Waals surface area contributed by atoms with Crippen molar-refractivity contribution in [3.05, 3.63) is 75.7 Å². The van der Waals surface area contributed by atoms with Crippen molar-refractivity contribution in [3.8, 4) is 16.8 Å². The summed E-state index contributed by atoms with van der Waals surface area (Å²) in [5, 5.41) is 4.44. The van der Waals surface area contributed by atoms with Gasteiger partial charge in [-0.15, -0.1) is 0 Å². The topological polar surface area (TPSA) is 90.4 Å². The molecule has 1 aromatic carbocycles. The fourth-order valence-electron chi connectivity index (χ4n) is 4.21. The number of hydrogen-bond acceptors (Lipinski definition) is 4. The number of rotatable bonds is 5. The van der Waals surface area contributed by atoms with Crippen LogP contribution in [0.2, 0.25) is 5.02 Å². The highest BCUT2D eigenvalue weighted by Gasteiger charge is 2.29. The third kappa shape index (κ3) is 3.65. The Kier molecular flexibility index (Phi) is 5.15. The van der Waals surface area contributed by atoms with Gasteiger partial charge in [0.15, 0.2) is 0 Å². The molecule has 4 heterocycles. The lowest BCUT2D eigenvalue weighted by molar-refractivity contribution is 0.533. The molecule has 1 N–H and O–H groups in total. The molecule has 0 bridgehead atoms. The van der Waals surface area contributed by atoms with Crippen LogP contribution in [0.25, 0.3) is 22.3 Å². The number of benzene rings is 1. The van der Waals surface area contributed by atoms with Crippen LogP contribution in [0.3, 0.4) is 0 Å². The number of halogens is 3. The maximum atomic E-state index is 14.6. The zero-order valence-electron chi connectivity index (χ0n) is 17.3. The van der Waals surface area contributed by atoms with E-state index >= 15 is 0 Å². The normalized spacial score (nSPS) is 15.9. The van der Waals surface area contributed by atoms with Gasteiger partial charge in [0.1, 0.15) is 11.6 Å². The molecule has 33 heavy (non-hydrogen) atoms. The summed E-state index contributed by atoms with van der Waals surface area (Å²) in [6.07, 6.45) is 4.83. The molecule has 3 aromatic heterocycles. The Hall–Kier alpha value is -3.02. The third-order valence-corrected chi connectivity index (χ3v) is 7.36. The van der Waals surface area contributed by atoms with Crippen molar-refractivity contribution in [1.82, 2.24) is 23.5 Å². The van der Waals surface area contributed by atoms with Gasteiger partial charge in [-0.3, -0.25) is 9.13 Å². The van der Waals surface area contributed by atoms with Crippen molar-refractivity contribution in [2.24, 2.45) is 0 Å². The summed E-state index contributed by atoms with van der Waals surface area (Å²) in [4.78, 5) is 13.2. The summed E-state index contributed by atoms with van der Waals surface area (Å²) < 4.78 is 59.8. The quantitative estimate of drug-likeness (QED) is 0.463. The number of nitrogens with zero attached hydrogens (tertiary/aromatic N) is 4. The van der Waals surface area contributed by atoms with Crippen LogP contribution in [0.15, 0.2) is 47.7 Å². The van der Waals surface area contributed by atoms with E-state index in [0.717, 1.165) is 12.1 Å². The number of aromatic nitrogens is 4. The summed E-state index contributed by atoms with van der Waals surface area (Å²) >= 11 is 6.17. The zero-order valence-corrected chi connectivity index (χ0v) is 18.9. The van der Waals surface area contributed by atoms with Gasteiger partial charge in [0.2, 0.25) is 10.0 Å². The summed E-state index contributed by atoms with van der Waals surface area (Å²) in [7, 11) is -3.41. The molecule has 172 valence electrons. The van der Waals surface area contributed by atoms with E-state index in [1.807, 2.05) is 0 Å². The molecular formula is C21H18ClF2N5O3S. The van der Waals surface area contributed by atoms with Crippen LogP contribution in [0.4, 0.5) is 8.78 Å². The van der Waals surface area contributed by atoms with Crippen LogP contribution in [0.5, 0.6) is 0 Å². The largest absolute Gasteiger partial charge is 0.333 e. The lowest BCUT2D eigenvalue weighted by Crippen LogP contribution is -2.38. The first-order chi connectivity index (χ1) is 15.7. The van der Waals surface area contributed by atoms with Gasteiger partial charge in [-0.1, -0.05) is 17.7 Å². The van der Waals surface area contributed by atoms with E-state index in [1.54, 1.807) is 6.20 Å². The number of hydrogen-bond donors (Lipinski definition) is 1. The standard InChI is InChI=1S/C21H18ClF2N5O3S/c1-2-33(31,32)26-13-7-14-11-28(21(30)27(14)10-13)18-8-25-29-9-12(22)6-15(20(18)29)19-16(23)4-3-5-17(19)24/h3-6,8-9,11,13,26H,2,7,10H2,1H3/t13-/m0/s1. The van der Waals surface area contributed by atoms with Gasteiger partial charge in [0.05, 0.1) is 33.7 Å². The van der Waals surface area contributed by atoms with E-state index in [-0.39, 0.29) is 28.4 Å². The number of fused-ring (bicyclic) bond motifs is 2. The maximum absolute atomic E-state index is 14.6. The molecule has 4 aromatic rings. The van der Waals surface area contributed by atoms with E-state index in [1.165, 1.54) is 45.1 Å². The van der Waals surface area contributed by atoms with Gasteiger partial charge in [-0.25, -0.2) is 31.2 Å². The molecule has 0 saturated heterocycles. The molecule has 0 aliphatic carbocycles. The smallest absolute Gasteiger partial charge is 0.294 e. The number of pyridine rings is 1. The molecule has 5 rings (SSSR count). The highest BCUT2D eigenvalue weighted by molar-refractivity contribution is 7.89. The Morgan fingerprint density at radius 2 is 1.97 bits per heavy atom. The first kappa shape index (κ1) is 21.8. The Bertz CT molecular complexity index is 1550. The number of imidazole rings is 1. The van der Waals surface area contributed by atoms with Crippen molar-refractivity contribution < 1.29 is 17.2 Å². The van der Waals surface area contributed by atoms with Gasteiger partial charge in [-0.05, 0) is 25.1 Å². The Labute approximate surface area is 192 Å². The fourth-order valence-corrected chi connectivity index (χ4v) is 5.24. The summed E-state index contributed by atoms with van der Waals surface area (Å²) in [6.45, 7) is 1.72. The Morgan fingerprint density at radius 3 is 2.64 bits per heavy atom. The highest BCUT2D eigenvalue weighted by atomic mass is 35.5. The molecule has 0 spiro atoms. The molecule has 0 amide bonds. The molecule has 1 atom stereocenters. The van der Waals surface area contributed by atoms with E-state index in [0.29, 0.717) is 23.3 Å². The molecule has 0 fully saturated rings. The molecule has 12 heteroatoms. The van der Waals surface area contributed by atoms with Gasteiger partial charge in [0.25, 0.3) is 0 Å². The predicted octanol–water partition coefficient (Wildman–Crippen LogP) is 2.75. The molecule has 1 aliphatic rings. The third-order valence-electron chi connectivity index (χ3n) is 5.70. The highest BCUT2D eigenvalue weighted by Crippen LogP contribution is 2.34. The van der Waals surface area contributed by atoms with Gasteiger partial charge < -0.3 is 0 Å². The minimum atomic E-state index is -3.41. The van der Waals surface area contributed by atoms with Crippen molar-refractivity contribution in [1.29, 1.82) is 0 Å². The maximum Gasteiger partial charge on any atom is 0.333 e. The van der Waals surface area contributed by atoms with Crippen molar-refractivity contribution in [2.45, 2.75) is 25.9 Å². The van der Waals surface area contributed by atoms with Crippen molar-refractivity contribution in [2.75, 3.05) is 5.75 Å². The van der Waals surface area contributed by atoms with Crippen LogP contribution >= 0.6 is 11.6 Å². The zero-order chi connectivity index (χ0) is 23.5. The SMILES string of the molecule is CCS(=O)(=O)N[C@H]1Cc2cn(-c3cnn4cc(Cl)cc(-c5c(F)cccc5F)c34)c(=O)n2C1. The lowest BCUT2D eigenvalue weighted by Gasteiger charge is -2.12. The van der Waals surface area contributed by atoms with Gasteiger partial charge in [-0.2, -0.15) is 5.10 Å². The minimum absolute atomic E-state index is 0.0526. The summed E-state index contributed by atoms with van der Waals surface area (Å²) in [6, 6.07) is 4.55. The molecule has 0 saturated carbocycles. The van der Waals surface area contributed by atoms with Crippen LogP contribution < -0.4 is 10.4 Å². The first-order valence-corrected chi connectivity index (χ1v) is 12.1. The molecule has 0 unspecified atom stereocenters. The molecule has 1 aliphatic heterocycles. The van der Waals surface area contributed by atoms with E-state index in [4.69, 9.17) is 11.6 Å². The van der Waals surface area contributed by atoms with Crippen molar-refractivity contribution >= 4 is 27.1 Å². The van der Waals surface area contributed by atoms with E-state index in [9.17, 15) is 22.0 Å². The van der Waals surface area contributed by atoms with Gasteiger partial charge in [0, 0.05) is 42.7 Å². The van der Waals surface area contributed by atoms with E-state index < -0.39 is 33.4 Å². The minimum Gasteiger partial charge on any atom is -0.294 e. The second-order valence-electron chi connectivity index (χ2n) is 7.80. The molecule has 0 radical (unpaired) electrons. The first-order valence-electron chi connectivity index (χ1n) is 10.1.